The van der Waals surface area contributed by atoms with Gasteiger partial charge < -0.3 is 14.5 Å². The molecule has 30 heavy (non-hydrogen) atoms. The van der Waals surface area contributed by atoms with Gasteiger partial charge in [0.15, 0.2) is 0 Å². The molecule has 0 aliphatic heterocycles. The predicted molar refractivity (Wildman–Crippen MR) is 120 cm³/mol. The summed E-state index contributed by atoms with van der Waals surface area (Å²) in [6.45, 7) is 0.884. The Hall–Kier alpha value is -3.12. The SMILES string of the molecule is O=c1[nH]c(-c2cccc(OCCOc3ccccc3)c2)nc2sc3c(c12)CCCC3. The molecule has 1 aliphatic rings. The van der Waals surface area contributed by atoms with Gasteiger partial charge in [-0.1, -0.05) is 30.3 Å². The highest BCUT2D eigenvalue weighted by Crippen LogP contribution is 2.34. The van der Waals surface area contributed by atoms with Crippen molar-refractivity contribution in [1.29, 1.82) is 0 Å². The van der Waals surface area contributed by atoms with E-state index in [0.717, 1.165) is 46.5 Å². The molecule has 1 N–H and O–H groups in total. The number of hydrogen-bond acceptors (Lipinski definition) is 5. The number of nitrogens with one attached hydrogen (secondary N) is 1. The normalized spacial score (nSPS) is 13.2. The van der Waals surface area contributed by atoms with Gasteiger partial charge in [-0.25, -0.2) is 4.98 Å². The first kappa shape index (κ1) is 18.9. The van der Waals surface area contributed by atoms with E-state index in [9.17, 15) is 4.79 Å². The Balaban J connectivity index is 1.33. The Morgan fingerprint density at radius 3 is 2.57 bits per heavy atom. The van der Waals surface area contributed by atoms with Gasteiger partial charge >= 0.3 is 0 Å². The van der Waals surface area contributed by atoms with Crippen molar-refractivity contribution < 1.29 is 9.47 Å². The smallest absolute Gasteiger partial charge is 0.260 e. The van der Waals surface area contributed by atoms with Crippen molar-refractivity contribution in [2.75, 3.05) is 13.2 Å². The number of nitrogens with zero attached hydrogens (tertiary/aromatic N) is 1. The van der Waals surface area contributed by atoms with E-state index in [0.29, 0.717) is 19.0 Å². The number of aryl methyl sites for hydroxylation is 2. The van der Waals surface area contributed by atoms with Crippen molar-refractivity contribution in [2.45, 2.75) is 25.7 Å². The molecule has 0 radical (unpaired) electrons. The van der Waals surface area contributed by atoms with Gasteiger partial charge in [-0.15, -0.1) is 11.3 Å². The Labute approximate surface area is 178 Å². The van der Waals surface area contributed by atoms with Crippen LogP contribution in [-0.4, -0.2) is 23.2 Å². The average molecular weight is 419 g/mol. The number of ether oxygens (including phenoxy) is 2. The molecule has 1 aliphatic carbocycles. The Morgan fingerprint density at radius 1 is 0.933 bits per heavy atom. The molecule has 2 heterocycles. The summed E-state index contributed by atoms with van der Waals surface area (Å²) < 4.78 is 11.5. The van der Waals surface area contributed by atoms with Crippen LogP contribution in [-0.2, 0) is 12.8 Å². The highest BCUT2D eigenvalue weighted by Gasteiger charge is 2.20. The number of hydrogen-bond donors (Lipinski definition) is 1. The zero-order valence-corrected chi connectivity index (χ0v) is 17.3. The van der Waals surface area contributed by atoms with Gasteiger partial charge in [0, 0.05) is 10.4 Å². The lowest BCUT2D eigenvalue weighted by atomic mass is 9.97. The molecule has 0 saturated carbocycles. The van der Waals surface area contributed by atoms with Crippen LogP contribution in [0.25, 0.3) is 21.6 Å². The maximum absolute atomic E-state index is 12.8. The zero-order chi connectivity index (χ0) is 20.3. The van der Waals surface area contributed by atoms with E-state index in [2.05, 4.69) is 4.98 Å². The van der Waals surface area contributed by atoms with Gasteiger partial charge in [0.2, 0.25) is 0 Å². The number of aromatic amines is 1. The lowest BCUT2D eigenvalue weighted by Gasteiger charge is -2.10. The van der Waals surface area contributed by atoms with E-state index in [-0.39, 0.29) is 5.56 Å². The van der Waals surface area contributed by atoms with Gasteiger partial charge in [0.05, 0.1) is 5.39 Å². The molecule has 6 heteroatoms. The van der Waals surface area contributed by atoms with Crippen molar-refractivity contribution in [1.82, 2.24) is 9.97 Å². The maximum atomic E-state index is 12.8. The summed E-state index contributed by atoms with van der Waals surface area (Å²) in [6.07, 6.45) is 4.37. The van der Waals surface area contributed by atoms with Crippen LogP contribution in [0.4, 0.5) is 0 Å². The molecule has 5 rings (SSSR count). The van der Waals surface area contributed by atoms with Crippen LogP contribution in [0.3, 0.4) is 0 Å². The third kappa shape index (κ3) is 3.83. The molecule has 2 aromatic heterocycles. The quantitative estimate of drug-likeness (QED) is 0.448. The minimum absolute atomic E-state index is 0.0445. The number of benzene rings is 2. The number of fused-ring (bicyclic) bond motifs is 3. The highest BCUT2D eigenvalue weighted by atomic mass is 32.1. The number of rotatable bonds is 6. The summed E-state index contributed by atoms with van der Waals surface area (Å²) in [6, 6.07) is 17.3. The average Bonchev–Trinajstić information content (AvgIpc) is 3.17. The largest absolute Gasteiger partial charge is 0.490 e. The molecule has 0 bridgehead atoms. The topological polar surface area (TPSA) is 64.2 Å². The molecule has 0 amide bonds. The molecular weight excluding hydrogens is 396 g/mol. The van der Waals surface area contributed by atoms with Gasteiger partial charge in [-0.3, -0.25) is 4.79 Å². The van der Waals surface area contributed by atoms with Gasteiger partial charge in [0.25, 0.3) is 5.56 Å². The summed E-state index contributed by atoms with van der Waals surface area (Å²) >= 11 is 1.66. The van der Waals surface area contributed by atoms with Crippen LogP contribution in [0.1, 0.15) is 23.3 Å². The summed E-state index contributed by atoms with van der Waals surface area (Å²) in [5, 5.41) is 0.781. The first-order valence-electron chi connectivity index (χ1n) is 10.2. The third-order valence-electron chi connectivity index (χ3n) is 5.30. The van der Waals surface area contributed by atoms with Crippen LogP contribution in [0.15, 0.2) is 59.4 Å². The second kappa shape index (κ2) is 8.32. The Morgan fingerprint density at radius 2 is 1.70 bits per heavy atom. The highest BCUT2D eigenvalue weighted by molar-refractivity contribution is 7.18. The van der Waals surface area contributed by atoms with Crippen LogP contribution >= 0.6 is 11.3 Å². The van der Waals surface area contributed by atoms with E-state index in [1.165, 1.54) is 16.9 Å². The minimum atomic E-state index is -0.0445. The van der Waals surface area contributed by atoms with Crippen LogP contribution in [0, 0.1) is 0 Å². The second-order valence-electron chi connectivity index (χ2n) is 7.34. The van der Waals surface area contributed by atoms with Crippen molar-refractivity contribution in [2.24, 2.45) is 0 Å². The predicted octanol–water partition coefficient (Wildman–Crippen LogP) is 4.99. The molecule has 0 atom stereocenters. The van der Waals surface area contributed by atoms with E-state index < -0.39 is 0 Å². The molecule has 4 aromatic rings. The third-order valence-corrected chi connectivity index (χ3v) is 6.48. The molecule has 5 nitrogen and oxygen atoms in total. The summed E-state index contributed by atoms with van der Waals surface area (Å²) in [5.41, 5.74) is 2.00. The fourth-order valence-electron chi connectivity index (χ4n) is 3.87. The van der Waals surface area contributed by atoms with Gasteiger partial charge in [-0.2, -0.15) is 0 Å². The first-order chi connectivity index (χ1) is 14.8. The van der Waals surface area contributed by atoms with E-state index >= 15 is 0 Å². The van der Waals surface area contributed by atoms with Gasteiger partial charge in [-0.05, 0) is 55.5 Å². The van der Waals surface area contributed by atoms with Crippen molar-refractivity contribution in [3.05, 3.63) is 75.4 Å². The number of thiophene rings is 1. The van der Waals surface area contributed by atoms with Crippen LogP contribution in [0.2, 0.25) is 0 Å². The monoisotopic (exact) mass is 418 g/mol. The van der Waals surface area contributed by atoms with Crippen molar-refractivity contribution in [3.8, 4) is 22.9 Å². The molecular formula is C24H22N2O3S. The second-order valence-corrected chi connectivity index (χ2v) is 8.43. The van der Waals surface area contributed by atoms with Crippen LogP contribution < -0.4 is 15.0 Å². The van der Waals surface area contributed by atoms with Crippen molar-refractivity contribution in [3.63, 3.8) is 0 Å². The maximum Gasteiger partial charge on any atom is 0.260 e. The van der Waals surface area contributed by atoms with E-state index in [1.54, 1.807) is 11.3 Å². The lowest BCUT2D eigenvalue weighted by molar-refractivity contribution is 0.217. The minimum Gasteiger partial charge on any atom is -0.490 e. The molecule has 0 unspecified atom stereocenters. The van der Waals surface area contributed by atoms with E-state index in [1.807, 2.05) is 54.6 Å². The lowest BCUT2D eigenvalue weighted by Crippen LogP contribution is -2.11. The number of para-hydroxylation sites is 1. The van der Waals surface area contributed by atoms with E-state index in [4.69, 9.17) is 14.5 Å². The summed E-state index contributed by atoms with van der Waals surface area (Å²) in [7, 11) is 0. The molecule has 0 fully saturated rings. The molecule has 152 valence electrons. The fourth-order valence-corrected chi connectivity index (χ4v) is 5.13. The number of aromatic nitrogens is 2. The Kier molecular flexibility index (Phi) is 5.24. The Bertz CT molecular complexity index is 1230. The zero-order valence-electron chi connectivity index (χ0n) is 16.5. The standard InChI is InChI=1S/C24H22N2O3S/c27-23-21-19-11-4-5-12-20(19)30-24(21)26-22(25-23)16-7-6-10-18(15-16)29-14-13-28-17-8-2-1-3-9-17/h1-3,6-10,15H,4-5,11-14H2,(H,25,26,27). The fraction of sp³-hybridized carbons (Fsp3) is 0.250. The summed E-state index contributed by atoms with van der Waals surface area (Å²) in [4.78, 5) is 22.7. The molecule has 2 aromatic carbocycles. The summed E-state index contributed by atoms with van der Waals surface area (Å²) in [5.74, 6) is 2.12. The van der Waals surface area contributed by atoms with Crippen LogP contribution in [0.5, 0.6) is 11.5 Å². The van der Waals surface area contributed by atoms with Crippen molar-refractivity contribution >= 4 is 21.6 Å². The number of H-pyrrole nitrogens is 1. The molecule has 0 saturated heterocycles. The van der Waals surface area contributed by atoms with Gasteiger partial charge in [0.1, 0.15) is 35.4 Å². The first-order valence-corrected chi connectivity index (χ1v) is 11.1. The molecule has 0 spiro atoms.